The van der Waals surface area contributed by atoms with E-state index in [0.717, 1.165) is 10.9 Å². The van der Waals surface area contributed by atoms with Gasteiger partial charge in [0.1, 0.15) is 0 Å². The second-order valence-electron chi connectivity index (χ2n) is 4.65. The van der Waals surface area contributed by atoms with Crippen LogP contribution in [0, 0.1) is 6.92 Å². The highest BCUT2D eigenvalue weighted by Gasteiger charge is 2.12. The van der Waals surface area contributed by atoms with E-state index in [0.29, 0.717) is 22.0 Å². The van der Waals surface area contributed by atoms with Crippen LogP contribution in [0.4, 0.5) is 5.69 Å². The summed E-state index contributed by atoms with van der Waals surface area (Å²) in [5, 5.41) is 4.23. The second-order valence-corrected chi connectivity index (χ2v) is 5.09. The summed E-state index contributed by atoms with van der Waals surface area (Å²) in [6.07, 6.45) is 3.37. The molecule has 0 atom stereocenters. The fraction of sp³-hybridized carbons (Fsp3) is 0.0625. The summed E-state index contributed by atoms with van der Waals surface area (Å²) >= 11 is 5.91. The van der Waals surface area contributed by atoms with Gasteiger partial charge in [-0.05, 0) is 37.3 Å². The van der Waals surface area contributed by atoms with Crippen molar-refractivity contribution in [3.8, 4) is 0 Å². The van der Waals surface area contributed by atoms with Crippen molar-refractivity contribution < 1.29 is 4.79 Å². The molecular formula is C16H12ClN3O. The molecule has 0 fully saturated rings. The Balaban J connectivity index is 1.96. The Morgan fingerprint density at radius 1 is 1.24 bits per heavy atom. The fourth-order valence-electron chi connectivity index (χ4n) is 2.11. The van der Waals surface area contributed by atoms with Crippen LogP contribution in [0.5, 0.6) is 0 Å². The summed E-state index contributed by atoms with van der Waals surface area (Å²) in [6, 6.07) is 10.6. The van der Waals surface area contributed by atoms with Gasteiger partial charge in [-0.15, -0.1) is 0 Å². The molecule has 0 radical (unpaired) electrons. The van der Waals surface area contributed by atoms with E-state index in [4.69, 9.17) is 11.6 Å². The minimum Gasteiger partial charge on any atom is -0.322 e. The van der Waals surface area contributed by atoms with E-state index in [1.54, 1.807) is 42.7 Å². The number of benzene rings is 1. The van der Waals surface area contributed by atoms with Gasteiger partial charge in [-0.1, -0.05) is 17.7 Å². The highest BCUT2D eigenvalue weighted by molar-refractivity contribution is 6.31. The lowest BCUT2D eigenvalue weighted by molar-refractivity contribution is 0.102. The average molecular weight is 298 g/mol. The number of carbonyl (C=O) groups is 1. The summed E-state index contributed by atoms with van der Waals surface area (Å²) in [7, 11) is 0. The highest BCUT2D eigenvalue weighted by Crippen LogP contribution is 2.19. The topological polar surface area (TPSA) is 54.9 Å². The Morgan fingerprint density at radius 3 is 2.90 bits per heavy atom. The number of rotatable bonds is 2. The number of aryl methyl sites for hydroxylation is 1. The molecule has 104 valence electrons. The number of nitrogens with one attached hydrogen (secondary N) is 1. The van der Waals surface area contributed by atoms with E-state index in [-0.39, 0.29) is 5.91 Å². The maximum atomic E-state index is 12.4. The number of aromatic nitrogens is 2. The molecule has 0 unspecified atom stereocenters. The normalized spacial score (nSPS) is 10.6. The lowest BCUT2D eigenvalue weighted by Gasteiger charge is -2.09. The smallest absolute Gasteiger partial charge is 0.257 e. The largest absolute Gasteiger partial charge is 0.322 e. The molecule has 1 aromatic carbocycles. The Kier molecular flexibility index (Phi) is 3.54. The predicted octanol–water partition coefficient (Wildman–Crippen LogP) is 3.84. The van der Waals surface area contributed by atoms with Crippen molar-refractivity contribution in [2.45, 2.75) is 6.92 Å². The van der Waals surface area contributed by atoms with Gasteiger partial charge >= 0.3 is 0 Å². The van der Waals surface area contributed by atoms with Crippen molar-refractivity contribution in [2.75, 3.05) is 5.32 Å². The number of hydrogen-bond donors (Lipinski definition) is 1. The van der Waals surface area contributed by atoms with Gasteiger partial charge in [0, 0.05) is 28.5 Å². The maximum Gasteiger partial charge on any atom is 0.257 e. The van der Waals surface area contributed by atoms with Crippen molar-refractivity contribution in [3.63, 3.8) is 0 Å². The Labute approximate surface area is 126 Å². The molecule has 0 saturated heterocycles. The fourth-order valence-corrected chi connectivity index (χ4v) is 2.30. The van der Waals surface area contributed by atoms with Crippen LogP contribution in [-0.2, 0) is 0 Å². The molecule has 2 aromatic heterocycles. The summed E-state index contributed by atoms with van der Waals surface area (Å²) in [5.74, 6) is -0.215. The zero-order chi connectivity index (χ0) is 14.8. The predicted molar refractivity (Wildman–Crippen MR) is 83.7 cm³/mol. The van der Waals surface area contributed by atoms with Crippen LogP contribution in [0.1, 0.15) is 16.1 Å². The number of halogens is 1. The number of amides is 1. The number of fused-ring (bicyclic) bond motifs is 1. The first-order valence-electron chi connectivity index (χ1n) is 6.42. The molecule has 4 nitrogen and oxygen atoms in total. The van der Waals surface area contributed by atoms with Gasteiger partial charge in [-0.2, -0.15) is 0 Å². The Bertz CT molecular complexity index is 833. The van der Waals surface area contributed by atoms with E-state index < -0.39 is 0 Å². The van der Waals surface area contributed by atoms with Crippen LogP contribution in [-0.4, -0.2) is 15.9 Å². The molecular weight excluding hydrogens is 286 g/mol. The highest BCUT2D eigenvalue weighted by atomic mass is 35.5. The summed E-state index contributed by atoms with van der Waals surface area (Å²) in [6.45, 7) is 1.81. The molecule has 0 aliphatic rings. The molecule has 3 rings (SSSR count). The molecule has 0 aliphatic carbocycles. The van der Waals surface area contributed by atoms with Gasteiger partial charge < -0.3 is 5.32 Å². The molecule has 2 heterocycles. The third-order valence-electron chi connectivity index (χ3n) is 3.13. The van der Waals surface area contributed by atoms with E-state index >= 15 is 0 Å². The van der Waals surface area contributed by atoms with Gasteiger partial charge in [0.05, 0.1) is 16.8 Å². The molecule has 3 aromatic rings. The number of nitrogens with zero attached hydrogens (tertiary/aromatic N) is 2. The summed E-state index contributed by atoms with van der Waals surface area (Å²) < 4.78 is 0. The first kappa shape index (κ1) is 13.5. The average Bonchev–Trinajstić information content (AvgIpc) is 2.46. The van der Waals surface area contributed by atoms with Crippen LogP contribution in [0.2, 0.25) is 5.02 Å². The summed E-state index contributed by atoms with van der Waals surface area (Å²) in [5.41, 5.74) is 2.67. The monoisotopic (exact) mass is 297 g/mol. The SMILES string of the molecule is Cc1nc2ccncc2cc1C(=O)Nc1cccc(Cl)c1. The number of carbonyl (C=O) groups excluding carboxylic acids is 1. The first-order chi connectivity index (χ1) is 10.1. The third kappa shape index (κ3) is 2.85. The molecule has 5 heteroatoms. The van der Waals surface area contributed by atoms with Gasteiger partial charge in [0.25, 0.3) is 5.91 Å². The first-order valence-corrected chi connectivity index (χ1v) is 6.79. The number of pyridine rings is 2. The van der Waals surface area contributed by atoms with Gasteiger partial charge in [-0.25, -0.2) is 0 Å². The molecule has 0 aliphatic heterocycles. The van der Waals surface area contributed by atoms with Crippen LogP contribution in [0.15, 0.2) is 48.8 Å². The molecule has 1 amide bonds. The van der Waals surface area contributed by atoms with Gasteiger partial charge in [0.15, 0.2) is 0 Å². The van der Waals surface area contributed by atoms with Crippen molar-refractivity contribution in [1.29, 1.82) is 0 Å². The minimum absolute atomic E-state index is 0.215. The van der Waals surface area contributed by atoms with E-state index in [2.05, 4.69) is 15.3 Å². The van der Waals surface area contributed by atoms with Crippen LogP contribution >= 0.6 is 11.6 Å². The van der Waals surface area contributed by atoms with Crippen molar-refractivity contribution in [2.24, 2.45) is 0 Å². The van der Waals surface area contributed by atoms with Crippen LogP contribution in [0.25, 0.3) is 10.9 Å². The zero-order valence-corrected chi connectivity index (χ0v) is 12.1. The van der Waals surface area contributed by atoms with Crippen molar-refractivity contribution in [3.05, 3.63) is 65.1 Å². The standard InChI is InChI=1S/C16H12ClN3O/c1-10-14(7-11-9-18-6-5-15(11)19-10)16(21)20-13-4-2-3-12(17)8-13/h2-9H,1H3,(H,20,21). The molecule has 0 bridgehead atoms. The van der Waals surface area contributed by atoms with Crippen molar-refractivity contribution in [1.82, 2.24) is 9.97 Å². The minimum atomic E-state index is -0.215. The quantitative estimate of drug-likeness (QED) is 0.782. The Morgan fingerprint density at radius 2 is 2.10 bits per heavy atom. The zero-order valence-electron chi connectivity index (χ0n) is 11.3. The Hall–Kier alpha value is -2.46. The number of hydrogen-bond acceptors (Lipinski definition) is 3. The lowest BCUT2D eigenvalue weighted by Crippen LogP contribution is -2.14. The molecule has 21 heavy (non-hydrogen) atoms. The van der Waals surface area contributed by atoms with Gasteiger partial charge in [0.2, 0.25) is 0 Å². The maximum absolute atomic E-state index is 12.4. The summed E-state index contributed by atoms with van der Waals surface area (Å²) in [4.78, 5) is 20.9. The van der Waals surface area contributed by atoms with E-state index in [1.165, 1.54) is 0 Å². The molecule has 1 N–H and O–H groups in total. The van der Waals surface area contributed by atoms with E-state index in [1.807, 2.05) is 13.0 Å². The molecule has 0 saturated carbocycles. The van der Waals surface area contributed by atoms with Crippen LogP contribution in [0.3, 0.4) is 0 Å². The van der Waals surface area contributed by atoms with Gasteiger partial charge in [-0.3, -0.25) is 14.8 Å². The van der Waals surface area contributed by atoms with Crippen LogP contribution < -0.4 is 5.32 Å². The number of anilines is 1. The van der Waals surface area contributed by atoms with Crippen molar-refractivity contribution >= 4 is 34.1 Å². The third-order valence-corrected chi connectivity index (χ3v) is 3.37. The lowest BCUT2D eigenvalue weighted by atomic mass is 10.1. The van der Waals surface area contributed by atoms with E-state index in [9.17, 15) is 4.79 Å². The molecule has 0 spiro atoms. The second kappa shape index (κ2) is 5.50.